The highest BCUT2D eigenvalue weighted by Gasteiger charge is 2.35. The first kappa shape index (κ1) is 13.5. The second-order valence-corrected chi connectivity index (χ2v) is 7.00. The molecule has 2 atom stereocenters. The molecule has 0 heterocycles. The van der Waals surface area contributed by atoms with Crippen LogP contribution in [0.3, 0.4) is 0 Å². The zero-order chi connectivity index (χ0) is 13.2. The molecular formula is C13H19NO3S. The lowest BCUT2D eigenvalue weighted by molar-refractivity contribution is 0.216. The molecule has 1 aliphatic carbocycles. The van der Waals surface area contributed by atoms with Crippen molar-refractivity contribution in [3.05, 3.63) is 35.4 Å². The van der Waals surface area contributed by atoms with Crippen molar-refractivity contribution >= 4 is 9.84 Å². The van der Waals surface area contributed by atoms with E-state index in [1.807, 2.05) is 24.3 Å². The fourth-order valence-corrected chi connectivity index (χ4v) is 4.29. The van der Waals surface area contributed by atoms with Crippen molar-refractivity contribution in [1.29, 1.82) is 0 Å². The van der Waals surface area contributed by atoms with Gasteiger partial charge in [0.2, 0.25) is 0 Å². The Morgan fingerprint density at radius 2 is 2.11 bits per heavy atom. The smallest absolute Gasteiger partial charge is 0.157 e. The van der Waals surface area contributed by atoms with E-state index in [-0.39, 0.29) is 12.4 Å². The number of hydrogen-bond acceptors (Lipinski definition) is 4. The molecule has 5 heteroatoms. The van der Waals surface area contributed by atoms with Crippen LogP contribution in [-0.2, 0) is 21.0 Å². The molecule has 0 saturated heterocycles. The highest BCUT2D eigenvalue weighted by Crippen LogP contribution is 2.32. The van der Waals surface area contributed by atoms with Gasteiger partial charge in [0.25, 0.3) is 0 Å². The second-order valence-electron chi connectivity index (χ2n) is 4.66. The van der Waals surface area contributed by atoms with Crippen LogP contribution in [0, 0.1) is 0 Å². The Labute approximate surface area is 108 Å². The van der Waals surface area contributed by atoms with Crippen LogP contribution in [0.4, 0.5) is 0 Å². The number of benzene rings is 1. The molecule has 0 bridgehead atoms. The summed E-state index contributed by atoms with van der Waals surface area (Å²) >= 11 is 0. The molecule has 100 valence electrons. The van der Waals surface area contributed by atoms with Gasteiger partial charge in [-0.15, -0.1) is 0 Å². The Morgan fingerprint density at radius 1 is 1.39 bits per heavy atom. The largest absolute Gasteiger partial charge is 0.384 e. The first-order valence-electron chi connectivity index (χ1n) is 6.10. The lowest BCUT2D eigenvalue weighted by Gasteiger charge is -2.30. The molecule has 0 fully saturated rings. The number of aryl methyl sites for hydroxylation is 1. The van der Waals surface area contributed by atoms with Crippen LogP contribution in [0.5, 0.6) is 0 Å². The van der Waals surface area contributed by atoms with E-state index >= 15 is 0 Å². The fraction of sp³-hybridized carbons (Fsp3) is 0.538. The van der Waals surface area contributed by atoms with Gasteiger partial charge in [-0.2, -0.15) is 0 Å². The monoisotopic (exact) mass is 269 g/mol. The summed E-state index contributed by atoms with van der Waals surface area (Å²) in [4.78, 5) is 0. The summed E-state index contributed by atoms with van der Waals surface area (Å²) in [7, 11) is -1.68. The maximum Gasteiger partial charge on any atom is 0.157 e. The molecule has 18 heavy (non-hydrogen) atoms. The molecule has 1 aromatic rings. The lowest BCUT2D eigenvalue weighted by atomic mass is 9.88. The molecule has 1 aliphatic rings. The summed E-state index contributed by atoms with van der Waals surface area (Å²) in [5.41, 5.74) is 8.27. The van der Waals surface area contributed by atoms with Crippen LogP contribution >= 0.6 is 0 Å². The zero-order valence-corrected chi connectivity index (χ0v) is 11.3. The van der Waals surface area contributed by atoms with Gasteiger partial charge in [0.15, 0.2) is 9.84 Å². The standard InChI is InChI=1S/C13H19NO3S/c1-17-8-9-18(15,16)12-7-6-10-4-2-3-5-11(10)13(12)14/h2-5,12-13H,6-9,14H2,1H3. The Bertz CT molecular complexity index is 513. The van der Waals surface area contributed by atoms with Crippen LogP contribution in [0.1, 0.15) is 23.6 Å². The highest BCUT2D eigenvalue weighted by atomic mass is 32.2. The SMILES string of the molecule is COCCS(=O)(=O)C1CCc2ccccc2C1N. The van der Waals surface area contributed by atoms with Crippen molar-refractivity contribution < 1.29 is 13.2 Å². The van der Waals surface area contributed by atoms with Crippen molar-refractivity contribution in [2.45, 2.75) is 24.1 Å². The number of nitrogens with two attached hydrogens (primary N) is 1. The predicted octanol–water partition coefficient (Wildman–Crippen LogP) is 1.06. The Kier molecular flexibility index (Phi) is 4.04. The van der Waals surface area contributed by atoms with Gasteiger partial charge in [0, 0.05) is 13.2 Å². The van der Waals surface area contributed by atoms with Gasteiger partial charge in [0.1, 0.15) is 0 Å². The maximum absolute atomic E-state index is 12.2. The van der Waals surface area contributed by atoms with E-state index in [4.69, 9.17) is 10.5 Å². The summed E-state index contributed by atoms with van der Waals surface area (Å²) in [6.45, 7) is 0.229. The van der Waals surface area contributed by atoms with Crippen molar-refractivity contribution in [1.82, 2.24) is 0 Å². The first-order valence-corrected chi connectivity index (χ1v) is 7.81. The van der Waals surface area contributed by atoms with Crippen molar-refractivity contribution in [3.8, 4) is 0 Å². The van der Waals surface area contributed by atoms with E-state index in [0.29, 0.717) is 6.42 Å². The van der Waals surface area contributed by atoms with E-state index in [0.717, 1.165) is 12.0 Å². The molecular weight excluding hydrogens is 250 g/mol. The predicted molar refractivity (Wildman–Crippen MR) is 71.1 cm³/mol. The minimum absolute atomic E-state index is 0.0457. The molecule has 0 radical (unpaired) electrons. The third kappa shape index (κ3) is 2.58. The van der Waals surface area contributed by atoms with E-state index in [2.05, 4.69) is 0 Å². The molecule has 2 unspecified atom stereocenters. The highest BCUT2D eigenvalue weighted by molar-refractivity contribution is 7.92. The van der Waals surface area contributed by atoms with Gasteiger partial charge in [0.05, 0.1) is 17.6 Å². The Hall–Kier alpha value is -0.910. The lowest BCUT2D eigenvalue weighted by Crippen LogP contribution is -2.39. The Balaban J connectivity index is 2.24. The molecule has 0 aliphatic heterocycles. The van der Waals surface area contributed by atoms with Crippen LogP contribution in [0.15, 0.2) is 24.3 Å². The second kappa shape index (κ2) is 5.38. The van der Waals surface area contributed by atoms with Crippen LogP contribution in [0.2, 0.25) is 0 Å². The minimum Gasteiger partial charge on any atom is -0.384 e. The molecule has 0 spiro atoms. The summed E-state index contributed by atoms with van der Waals surface area (Å²) in [6, 6.07) is 7.40. The van der Waals surface area contributed by atoms with Crippen molar-refractivity contribution in [2.75, 3.05) is 19.5 Å². The molecule has 2 rings (SSSR count). The molecule has 1 aromatic carbocycles. The van der Waals surface area contributed by atoms with Gasteiger partial charge in [-0.05, 0) is 24.0 Å². The van der Waals surface area contributed by atoms with Crippen LogP contribution in [-0.4, -0.2) is 33.1 Å². The number of fused-ring (bicyclic) bond motifs is 1. The first-order chi connectivity index (χ1) is 8.56. The van der Waals surface area contributed by atoms with E-state index in [1.54, 1.807) is 0 Å². The van der Waals surface area contributed by atoms with Crippen LogP contribution < -0.4 is 5.73 Å². The van der Waals surface area contributed by atoms with Gasteiger partial charge in [-0.3, -0.25) is 0 Å². The van der Waals surface area contributed by atoms with E-state index in [9.17, 15) is 8.42 Å². The normalized spacial score (nSPS) is 23.7. The summed E-state index contributed by atoms with van der Waals surface area (Å²) in [5, 5.41) is -0.484. The fourth-order valence-electron chi connectivity index (χ4n) is 2.52. The average molecular weight is 269 g/mol. The minimum atomic E-state index is -3.19. The summed E-state index contributed by atoms with van der Waals surface area (Å²) in [6.07, 6.45) is 1.38. The molecule has 0 saturated carbocycles. The van der Waals surface area contributed by atoms with E-state index < -0.39 is 21.1 Å². The van der Waals surface area contributed by atoms with Crippen LogP contribution in [0.25, 0.3) is 0 Å². The molecule has 4 nitrogen and oxygen atoms in total. The van der Waals surface area contributed by atoms with Gasteiger partial charge < -0.3 is 10.5 Å². The molecule has 2 N–H and O–H groups in total. The van der Waals surface area contributed by atoms with Crippen molar-refractivity contribution in [3.63, 3.8) is 0 Å². The van der Waals surface area contributed by atoms with Gasteiger partial charge in [-0.1, -0.05) is 24.3 Å². The maximum atomic E-state index is 12.2. The Morgan fingerprint density at radius 3 is 2.83 bits per heavy atom. The number of hydrogen-bond donors (Lipinski definition) is 1. The van der Waals surface area contributed by atoms with E-state index in [1.165, 1.54) is 12.7 Å². The van der Waals surface area contributed by atoms with Crippen molar-refractivity contribution in [2.24, 2.45) is 5.73 Å². The number of methoxy groups -OCH3 is 1. The zero-order valence-electron chi connectivity index (χ0n) is 10.5. The summed E-state index contributed by atoms with van der Waals surface area (Å²) < 4.78 is 29.3. The third-order valence-corrected chi connectivity index (χ3v) is 5.73. The quantitative estimate of drug-likeness (QED) is 0.887. The molecule has 0 amide bonds. The van der Waals surface area contributed by atoms with Gasteiger partial charge in [-0.25, -0.2) is 8.42 Å². The number of ether oxygens (including phenoxy) is 1. The number of rotatable bonds is 4. The number of sulfone groups is 1. The van der Waals surface area contributed by atoms with Gasteiger partial charge >= 0.3 is 0 Å². The third-order valence-electron chi connectivity index (χ3n) is 3.55. The molecule has 0 aromatic heterocycles. The average Bonchev–Trinajstić information content (AvgIpc) is 2.37. The topological polar surface area (TPSA) is 69.4 Å². The summed E-state index contributed by atoms with van der Waals surface area (Å²) in [5.74, 6) is 0.0457.